The van der Waals surface area contributed by atoms with Crippen LogP contribution >= 0.6 is 23.2 Å². The number of carbonyl (C=O) groups is 1. The Morgan fingerprint density at radius 2 is 1.76 bits per heavy atom. The fourth-order valence-corrected chi connectivity index (χ4v) is 3.18. The highest BCUT2D eigenvalue weighted by Gasteiger charge is 2.08. The van der Waals surface area contributed by atoms with Gasteiger partial charge in [0.25, 0.3) is 5.91 Å². The molecule has 0 radical (unpaired) electrons. The summed E-state index contributed by atoms with van der Waals surface area (Å²) < 4.78 is 5.56. The normalized spacial score (nSPS) is 10.5. The van der Waals surface area contributed by atoms with Crippen LogP contribution in [0.25, 0.3) is 0 Å². The number of nitrogens with one attached hydrogen (secondary N) is 2. The summed E-state index contributed by atoms with van der Waals surface area (Å²) >= 11 is 12.4. The lowest BCUT2D eigenvalue weighted by molar-refractivity contribution is -0.118. The molecule has 2 N–H and O–H groups in total. The predicted molar refractivity (Wildman–Crippen MR) is 120 cm³/mol. The zero-order valence-electron chi connectivity index (χ0n) is 16.3. The zero-order valence-corrected chi connectivity index (χ0v) is 17.8. The van der Waals surface area contributed by atoms with Crippen LogP contribution in [-0.4, -0.2) is 12.5 Å². The van der Waals surface area contributed by atoms with Crippen LogP contribution < -0.4 is 15.4 Å². The Morgan fingerprint density at radius 3 is 2.48 bits per heavy atom. The van der Waals surface area contributed by atoms with Gasteiger partial charge < -0.3 is 15.4 Å². The van der Waals surface area contributed by atoms with Gasteiger partial charge in [-0.05, 0) is 66.9 Å². The molecule has 3 aromatic rings. The number of ether oxygens (including phenoxy) is 1. The lowest BCUT2D eigenvalue weighted by Crippen LogP contribution is -2.20. The molecule has 0 aliphatic rings. The van der Waals surface area contributed by atoms with E-state index in [1.165, 1.54) is 5.56 Å². The summed E-state index contributed by atoms with van der Waals surface area (Å²) in [5.74, 6) is 0.175. The molecule has 0 aromatic heterocycles. The van der Waals surface area contributed by atoms with E-state index in [2.05, 4.69) is 29.7 Å². The quantitative estimate of drug-likeness (QED) is 0.468. The summed E-state index contributed by atoms with van der Waals surface area (Å²) in [7, 11) is 0. The van der Waals surface area contributed by atoms with Gasteiger partial charge >= 0.3 is 0 Å². The van der Waals surface area contributed by atoms with Crippen molar-refractivity contribution in [2.24, 2.45) is 0 Å². The van der Waals surface area contributed by atoms with Gasteiger partial charge in [-0.25, -0.2) is 0 Å². The fourth-order valence-electron chi connectivity index (χ4n) is 2.74. The van der Waals surface area contributed by atoms with Gasteiger partial charge in [0.15, 0.2) is 6.61 Å². The summed E-state index contributed by atoms with van der Waals surface area (Å²) in [6.45, 7) is 4.45. The van der Waals surface area contributed by atoms with E-state index in [-0.39, 0.29) is 12.5 Å². The average Bonchev–Trinajstić information content (AvgIpc) is 2.68. The number of hydrogen-bond donors (Lipinski definition) is 2. The first-order chi connectivity index (χ1) is 13.9. The maximum atomic E-state index is 12.1. The Bertz CT molecular complexity index is 1020. The minimum absolute atomic E-state index is 0.147. The van der Waals surface area contributed by atoms with E-state index in [4.69, 9.17) is 27.9 Å². The number of halogens is 2. The first-order valence-corrected chi connectivity index (χ1v) is 9.94. The Kier molecular flexibility index (Phi) is 7.02. The molecule has 150 valence electrons. The third-order valence-electron chi connectivity index (χ3n) is 4.33. The molecule has 6 heteroatoms. The van der Waals surface area contributed by atoms with Crippen LogP contribution in [0.2, 0.25) is 10.0 Å². The second-order valence-corrected chi connectivity index (χ2v) is 7.60. The highest BCUT2D eigenvalue weighted by molar-refractivity contribution is 6.32. The maximum absolute atomic E-state index is 12.1. The first-order valence-electron chi connectivity index (χ1n) is 9.18. The van der Waals surface area contributed by atoms with Crippen LogP contribution in [0.3, 0.4) is 0 Å². The molecule has 29 heavy (non-hydrogen) atoms. The van der Waals surface area contributed by atoms with Gasteiger partial charge in [-0.3, -0.25) is 4.79 Å². The molecular weight excluding hydrogens is 407 g/mol. The van der Waals surface area contributed by atoms with Crippen molar-refractivity contribution in [2.75, 3.05) is 17.2 Å². The van der Waals surface area contributed by atoms with E-state index in [1.807, 2.05) is 37.3 Å². The fraction of sp³-hybridized carbons (Fsp3) is 0.174. The van der Waals surface area contributed by atoms with Crippen LogP contribution in [-0.2, 0) is 11.3 Å². The Morgan fingerprint density at radius 1 is 0.931 bits per heavy atom. The molecule has 0 aliphatic heterocycles. The highest BCUT2D eigenvalue weighted by Crippen LogP contribution is 2.26. The Balaban J connectivity index is 1.53. The van der Waals surface area contributed by atoms with Gasteiger partial charge in [0.05, 0.1) is 5.02 Å². The number of aryl methyl sites for hydroxylation is 2. The van der Waals surface area contributed by atoms with Crippen LogP contribution in [0.15, 0.2) is 60.7 Å². The van der Waals surface area contributed by atoms with Gasteiger partial charge in [0.1, 0.15) is 5.75 Å². The van der Waals surface area contributed by atoms with Gasteiger partial charge in [0.2, 0.25) is 0 Å². The number of amides is 1. The molecule has 0 heterocycles. The van der Waals surface area contributed by atoms with Crippen molar-refractivity contribution in [3.63, 3.8) is 0 Å². The molecule has 0 bridgehead atoms. The molecule has 3 rings (SSSR count). The van der Waals surface area contributed by atoms with Crippen LogP contribution in [0.1, 0.15) is 16.7 Å². The first kappa shape index (κ1) is 21.0. The lowest BCUT2D eigenvalue weighted by atomic mass is 10.2. The second-order valence-electron chi connectivity index (χ2n) is 6.79. The van der Waals surface area contributed by atoms with Crippen molar-refractivity contribution in [1.29, 1.82) is 0 Å². The molecule has 0 spiro atoms. The number of carbonyl (C=O) groups excluding carboxylic acids is 1. The van der Waals surface area contributed by atoms with Gasteiger partial charge in [-0.2, -0.15) is 0 Å². The van der Waals surface area contributed by atoms with Crippen LogP contribution in [0.4, 0.5) is 11.4 Å². The smallest absolute Gasteiger partial charge is 0.262 e. The van der Waals surface area contributed by atoms with E-state index < -0.39 is 0 Å². The molecule has 3 aromatic carbocycles. The Hall–Kier alpha value is -2.69. The largest absolute Gasteiger partial charge is 0.482 e. The average molecular weight is 429 g/mol. The van der Waals surface area contributed by atoms with Crippen LogP contribution in [0.5, 0.6) is 5.75 Å². The minimum Gasteiger partial charge on any atom is -0.482 e. The summed E-state index contributed by atoms with van der Waals surface area (Å²) in [4.78, 5) is 12.1. The van der Waals surface area contributed by atoms with Crippen molar-refractivity contribution in [1.82, 2.24) is 0 Å². The van der Waals surface area contributed by atoms with E-state index >= 15 is 0 Å². The van der Waals surface area contributed by atoms with E-state index in [0.717, 1.165) is 16.8 Å². The van der Waals surface area contributed by atoms with Gasteiger partial charge in [-0.1, -0.05) is 47.5 Å². The summed E-state index contributed by atoms with van der Waals surface area (Å²) in [6.07, 6.45) is 0. The minimum atomic E-state index is -0.286. The SMILES string of the molecule is Cc1cccc(NCc2ccc(OCC(=O)Nc3ccc(C)c(Cl)c3)c(Cl)c2)c1. The Labute approximate surface area is 180 Å². The van der Waals surface area contributed by atoms with Crippen molar-refractivity contribution in [3.8, 4) is 5.75 Å². The second kappa shape index (κ2) is 9.68. The molecule has 0 unspecified atom stereocenters. The van der Waals surface area contributed by atoms with E-state index in [9.17, 15) is 4.79 Å². The van der Waals surface area contributed by atoms with Crippen molar-refractivity contribution >= 4 is 40.5 Å². The zero-order chi connectivity index (χ0) is 20.8. The molecule has 0 atom stereocenters. The van der Waals surface area contributed by atoms with Crippen LogP contribution in [0, 0.1) is 13.8 Å². The molecule has 1 amide bonds. The molecule has 0 fully saturated rings. The molecular formula is C23H22Cl2N2O2. The maximum Gasteiger partial charge on any atom is 0.262 e. The number of anilines is 2. The van der Waals surface area contributed by atoms with Gasteiger partial charge in [0, 0.05) is 22.9 Å². The van der Waals surface area contributed by atoms with Crippen molar-refractivity contribution in [2.45, 2.75) is 20.4 Å². The number of benzene rings is 3. The molecule has 4 nitrogen and oxygen atoms in total. The summed E-state index contributed by atoms with van der Waals surface area (Å²) in [6, 6.07) is 19.0. The topological polar surface area (TPSA) is 50.4 Å². The predicted octanol–water partition coefficient (Wildman–Crippen LogP) is 6.24. The van der Waals surface area contributed by atoms with Crippen molar-refractivity contribution < 1.29 is 9.53 Å². The van der Waals surface area contributed by atoms with E-state index in [0.29, 0.717) is 28.0 Å². The highest BCUT2D eigenvalue weighted by atomic mass is 35.5. The monoisotopic (exact) mass is 428 g/mol. The molecule has 0 saturated heterocycles. The number of hydrogen-bond acceptors (Lipinski definition) is 3. The summed E-state index contributed by atoms with van der Waals surface area (Å²) in [5, 5.41) is 7.17. The number of rotatable bonds is 7. The van der Waals surface area contributed by atoms with Gasteiger partial charge in [-0.15, -0.1) is 0 Å². The third-order valence-corrected chi connectivity index (χ3v) is 5.03. The molecule has 0 saturated carbocycles. The standard InChI is InChI=1S/C23H22Cl2N2O2/c1-15-4-3-5-18(10-15)26-13-17-7-9-22(21(25)11-17)29-14-23(28)27-19-8-6-16(2)20(24)12-19/h3-12,26H,13-14H2,1-2H3,(H,27,28). The van der Waals surface area contributed by atoms with E-state index in [1.54, 1.807) is 18.2 Å². The van der Waals surface area contributed by atoms with Crippen molar-refractivity contribution in [3.05, 3.63) is 87.4 Å². The lowest BCUT2D eigenvalue weighted by Gasteiger charge is -2.12. The molecule has 0 aliphatic carbocycles. The third kappa shape index (κ3) is 6.14. The summed E-state index contributed by atoms with van der Waals surface area (Å²) in [5.41, 5.74) is 4.84.